The first-order valence-corrected chi connectivity index (χ1v) is 6.10. The second-order valence-electron chi connectivity index (χ2n) is 4.37. The van der Waals surface area contributed by atoms with E-state index in [1.165, 1.54) is 12.1 Å². The Bertz CT molecular complexity index is 678. The molecular weight excluding hydrogens is 253 g/mol. The van der Waals surface area contributed by atoms with Gasteiger partial charge in [-0.2, -0.15) is 10.5 Å². The molecule has 0 saturated heterocycles. The van der Waals surface area contributed by atoms with Gasteiger partial charge in [0.1, 0.15) is 5.82 Å². The third-order valence-electron chi connectivity index (χ3n) is 2.83. The average Bonchev–Trinajstić information content (AvgIpc) is 2.47. The van der Waals surface area contributed by atoms with Crippen LogP contribution in [0.2, 0.25) is 0 Å². The molecule has 3 nitrogen and oxygen atoms in total. The van der Waals surface area contributed by atoms with Gasteiger partial charge in [0.05, 0.1) is 23.3 Å². The van der Waals surface area contributed by atoms with Crippen LogP contribution in [-0.4, -0.2) is 0 Å². The van der Waals surface area contributed by atoms with Gasteiger partial charge in [-0.3, -0.25) is 0 Å². The zero-order valence-electron chi connectivity index (χ0n) is 10.7. The van der Waals surface area contributed by atoms with Crippen LogP contribution >= 0.6 is 0 Å². The number of hydrogen-bond acceptors (Lipinski definition) is 3. The molecule has 0 aliphatic heterocycles. The highest BCUT2D eigenvalue weighted by Crippen LogP contribution is 2.09. The first kappa shape index (κ1) is 13.7. The topological polar surface area (TPSA) is 59.6 Å². The summed E-state index contributed by atoms with van der Waals surface area (Å²) in [4.78, 5) is 0. The molecule has 0 saturated carbocycles. The number of halogens is 1. The van der Waals surface area contributed by atoms with Crippen molar-refractivity contribution in [2.24, 2.45) is 0 Å². The number of benzene rings is 2. The number of nitriles is 2. The van der Waals surface area contributed by atoms with Gasteiger partial charge in [-0.15, -0.1) is 0 Å². The van der Waals surface area contributed by atoms with E-state index in [1.54, 1.807) is 18.2 Å². The Morgan fingerprint density at radius 2 is 1.50 bits per heavy atom. The van der Waals surface area contributed by atoms with Crippen LogP contribution in [0.4, 0.5) is 4.39 Å². The highest BCUT2D eigenvalue weighted by Gasteiger charge is 2.01. The fraction of sp³-hybridized carbons (Fsp3) is 0.125. The average molecular weight is 265 g/mol. The maximum Gasteiger partial charge on any atom is 0.124 e. The van der Waals surface area contributed by atoms with Crippen molar-refractivity contribution in [3.8, 4) is 12.1 Å². The Morgan fingerprint density at radius 3 is 2.15 bits per heavy atom. The summed E-state index contributed by atoms with van der Waals surface area (Å²) >= 11 is 0. The molecule has 0 radical (unpaired) electrons. The van der Waals surface area contributed by atoms with Crippen LogP contribution in [-0.2, 0) is 13.1 Å². The minimum absolute atomic E-state index is 0.320. The van der Waals surface area contributed by atoms with E-state index in [4.69, 9.17) is 10.5 Å². The minimum atomic E-state index is -0.403. The molecule has 2 aromatic carbocycles. The first-order chi connectivity index (χ1) is 9.71. The van der Waals surface area contributed by atoms with E-state index in [2.05, 4.69) is 11.4 Å². The monoisotopic (exact) mass is 265 g/mol. The largest absolute Gasteiger partial charge is 0.309 e. The summed E-state index contributed by atoms with van der Waals surface area (Å²) in [6.45, 7) is 1.09. The standard InChI is InChI=1S/C16H12FN3/c17-16-6-14(9-19)5-15(7-16)11-20-10-13-3-1-12(8-18)2-4-13/h1-7,20H,10-11H2. The van der Waals surface area contributed by atoms with Crippen LogP contribution in [0.25, 0.3) is 0 Å². The molecule has 0 aliphatic rings. The summed E-state index contributed by atoms with van der Waals surface area (Å²) in [6, 6.07) is 15.5. The van der Waals surface area contributed by atoms with Gasteiger partial charge in [-0.05, 0) is 41.5 Å². The van der Waals surface area contributed by atoms with Crippen LogP contribution in [0.5, 0.6) is 0 Å². The molecule has 0 amide bonds. The maximum absolute atomic E-state index is 13.2. The fourth-order valence-corrected chi connectivity index (χ4v) is 1.87. The SMILES string of the molecule is N#Cc1ccc(CNCc2cc(F)cc(C#N)c2)cc1. The molecule has 20 heavy (non-hydrogen) atoms. The lowest BCUT2D eigenvalue weighted by molar-refractivity contribution is 0.619. The molecule has 2 rings (SSSR count). The van der Waals surface area contributed by atoms with E-state index in [-0.39, 0.29) is 0 Å². The molecule has 0 aliphatic carbocycles. The molecule has 0 unspecified atom stereocenters. The quantitative estimate of drug-likeness (QED) is 0.924. The minimum Gasteiger partial charge on any atom is -0.309 e. The Kier molecular flexibility index (Phi) is 4.44. The maximum atomic E-state index is 13.2. The lowest BCUT2D eigenvalue weighted by atomic mass is 10.1. The molecular formula is C16H12FN3. The Balaban J connectivity index is 1.94. The van der Waals surface area contributed by atoms with Crippen LogP contribution in [0, 0.1) is 28.5 Å². The van der Waals surface area contributed by atoms with Crippen LogP contribution in [0.3, 0.4) is 0 Å². The number of nitrogens with zero attached hydrogens (tertiary/aromatic N) is 2. The van der Waals surface area contributed by atoms with Crippen molar-refractivity contribution in [2.75, 3.05) is 0 Å². The van der Waals surface area contributed by atoms with E-state index in [1.807, 2.05) is 18.2 Å². The summed E-state index contributed by atoms with van der Waals surface area (Å²) in [7, 11) is 0. The molecule has 4 heteroatoms. The van der Waals surface area contributed by atoms with Gasteiger partial charge in [0, 0.05) is 13.1 Å². The number of hydrogen-bond donors (Lipinski definition) is 1. The molecule has 1 N–H and O–H groups in total. The summed E-state index contributed by atoms with van der Waals surface area (Å²) in [5.41, 5.74) is 2.72. The van der Waals surface area contributed by atoms with Gasteiger partial charge in [0.25, 0.3) is 0 Å². The normalized spacial score (nSPS) is 9.75. The summed E-state index contributed by atoms with van der Waals surface area (Å²) in [6.07, 6.45) is 0. The Labute approximate surface area is 116 Å². The fourth-order valence-electron chi connectivity index (χ4n) is 1.87. The third-order valence-corrected chi connectivity index (χ3v) is 2.83. The van der Waals surface area contributed by atoms with Crippen molar-refractivity contribution >= 4 is 0 Å². The predicted octanol–water partition coefficient (Wildman–Crippen LogP) is 2.86. The zero-order valence-corrected chi connectivity index (χ0v) is 10.7. The van der Waals surface area contributed by atoms with Crippen molar-refractivity contribution in [3.63, 3.8) is 0 Å². The van der Waals surface area contributed by atoms with Crippen molar-refractivity contribution in [1.82, 2.24) is 5.32 Å². The van der Waals surface area contributed by atoms with E-state index in [0.717, 1.165) is 11.1 Å². The Morgan fingerprint density at radius 1 is 0.850 bits per heavy atom. The molecule has 98 valence electrons. The lowest BCUT2D eigenvalue weighted by Crippen LogP contribution is -2.12. The van der Waals surface area contributed by atoms with Crippen molar-refractivity contribution in [1.29, 1.82) is 10.5 Å². The summed E-state index contributed by atoms with van der Waals surface area (Å²) < 4.78 is 13.2. The van der Waals surface area contributed by atoms with Gasteiger partial charge in [-0.1, -0.05) is 12.1 Å². The molecule has 0 heterocycles. The molecule has 0 aromatic heterocycles. The first-order valence-electron chi connectivity index (χ1n) is 6.10. The second-order valence-corrected chi connectivity index (χ2v) is 4.37. The lowest BCUT2D eigenvalue weighted by Gasteiger charge is -2.06. The molecule has 0 spiro atoms. The van der Waals surface area contributed by atoms with Crippen LogP contribution in [0.15, 0.2) is 42.5 Å². The smallest absolute Gasteiger partial charge is 0.124 e. The van der Waals surface area contributed by atoms with Gasteiger partial charge < -0.3 is 5.32 Å². The van der Waals surface area contributed by atoms with Gasteiger partial charge in [-0.25, -0.2) is 4.39 Å². The van der Waals surface area contributed by atoms with Crippen molar-refractivity contribution in [2.45, 2.75) is 13.1 Å². The summed E-state index contributed by atoms with van der Waals surface area (Å²) in [5.74, 6) is -0.403. The van der Waals surface area contributed by atoms with Crippen LogP contribution in [0.1, 0.15) is 22.3 Å². The van der Waals surface area contributed by atoms with Crippen molar-refractivity contribution in [3.05, 3.63) is 70.5 Å². The highest BCUT2D eigenvalue weighted by atomic mass is 19.1. The van der Waals surface area contributed by atoms with E-state index in [9.17, 15) is 4.39 Å². The molecule has 0 fully saturated rings. The van der Waals surface area contributed by atoms with E-state index < -0.39 is 5.82 Å². The van der Waals surface area contributed by atoms with Gasteiger partial charge in [0.2, 0.25) is 0 Å². The predicted molar refractivity (Wildman–Crippen MR) is 72.8 cm³/mol. The van der Waals surface area contributed by atoms with E-state index in [0.29, 0.717) is 24.2 Å². The van der Waals surface area contributed by atoms with Gasteiger partial charge >= 0.3 is 0 Å². The third kappa shape index (κ3) is 3.65. The molecule has 2 aromatic rings. The second kappa shape index (κ2) is 6.47. The molecule has 0 bridgehead atoms. The molecule has 0 atom stereocenters. The highest BCUT2D eigenvalue weighted by molar-refractivity contribution is 5.34. The van der Waals surface area contributed by atoms with Crippen molar-refractivity contribution < 1.29 is 4.39 Å². The summed E-state index contributed by atoms with van der Waals surface area (Å²) in [5, 5.41) is 20.7. The van der Waals surface area contributed by atoms with E-state index >= 15 is 0 Å². The number of rotatable bonds is 4. The van der Waals surface area contributed by atoms with Gasteiger partial charge in [0.15, 0.2) is 0 Å². The number of nitrogens with one attached hydrogen (secondary N) is 1. The Hall–Kier alpha value is -2.69. The zero-order chi connectivity index (χ0) is 14.4. The van der Waals surface area contributed by atoms with Crippen LogP contribution < -0.4 is 5.32 Å².